The summed E-state index contributed by atoms with van der Waals surface area (Å²) in [5.41, 5.74) is 24.9. The van der Waals surface area contributed by atoms with Crippen LogP contribution in [0.2, 0.25) is 0 Å². The van der Waals surface area contributed by atoms with Crippen LogP contribution in [0.3, 0.4) is 0 Å². The van der Waals surface area contributed by atoms with Crippen molar-refractivity contribution in [1.29, 1.82) is 0 Å². The van der Waals surface area contributed by atoms with Gasteiger partial charge in [0.25, 0.3) is 0 Å². The van der Waals surface area contributed by atoms with E-state index in [9.17, 15) is 0 Å². The van der Waals surface area contributed by atoms with Crippen LogP contribution >= 0.6 is 0 Å². The number of para-hydroxylation sites is 2. The molecule has 1 unspecified atom stereocenters. The van der Waals surface area contributed by atoms with Crippen molar-refractivity contribution in [2.75, 3.05) is 4.90 Å². The molecule has 0 saturated heterocycles. The summed E-state index contributed by atoms with van der Waals surface area (Å²) in [6.45, 7) is 0. The van der Waals surface area contributed by atoms with E-state index in [4.69, 9.17) is 8.83 Å². The molecule has 1 spiro atoms. The van der Waals surface area contributed by atoms with E-state index >= 15 is 0 Å². The summed E-state index contributed by atoms with van der Waals surface area (Å²) in [6, 6.07) is 102. The molecule has 3 nitrogen and oxygen atoms in total. The molecule has 2 aliphatic rings. The van der Waals surface area contributed by atoms with Crippen molar-refractivity contribution in [3.8, 4) is 44.5 Å². The van der Waals surface area contributed by atoms with Crippen molar-refractivity contribution < 1.29 is 8.83 Å². The fourth-order valence-electron chi connectivity index (χ4n) is 13.2. The molecule has 16 rings (SSSR count). The van der Waals surface area contributed by atoms with Gasteiger partial charge in [-0.15, -0.1) is 0 Å². The SMILES string of the molecule is c1ccc(-c2ccc(C(c3ccc4c(c3)-c3cc(N(c5ccc(-c6ccccc6)cc5)c5ccc6oc7ccccc7c6c5)ccc3C43c4ccccc4-c4ccccc43)c3ccc4oc5ccccc5c4c3)cc2)cc1. The molecule has 0 bridgehead atoms. The Labute approximate surface area is 446 Å². The molecule has 14 aromatic rings. The van der Waals surface area contributed by atoms with Gasteiger partial charge in [0.15, 0.2) is 0 Å². The fourth-order valence-corrected chi connectivity index (χ4v) is 13.2. The third-order valence-corrected chi connectivity index (χ3v) is 16.6. The smallest absolute Gasteiger partial charge is 0.135 e. The molecule has 0 fully saturated rings. The largest absolute Gasteiger partial charge is 0.456 e. The van der Waals surface area contributed by atoms with Crippen LogP contribution in [0.5, 0.6) is 0 Å². The number of benzene rings is 12. The molecular formula is C74H47NO2. The molecule has 2 aliphatic carbocycles. The Kier molecular flexibility index (Phi) is 9.61. The molecule has 77 heavy (non-hydrogen) atoms. The lowest BCUT2D eigenvalue weighted by atomic mass is 9.70. The van der Waals surface area contributed by atoms with E-state index in [1.54, 1.807) is 0 Å². The van der Waals surface area contributed by atoms with Crippen LogP contribution in [-0.4, -0.2) is 0 Å². The summed E-state index contributed by atoms with van der Waals surface area (Å²) in [5, 5.41) is 4.43. The van der Waals surface area contributed by atoms with Gasteiger partial charge in [0.05, 0.1) is 5.41 Å². The Morgan fingerprint density at radius 3 is 1.30 bits per heavy atom. The normalized spacial score (nSPS) is 13.2. The second-order valence-corrected chi connectivity index (χ2v) is 20.7. The predicted molar refractivity (Wildman–Crippen MR) is 317 cm³/mol. The molecule has 360 valence electrons. The summed E-state index contributed by atoms with van der Waals surface area (Å²) in [6.07, 6.45) is 0. The van der Waals surface area contributed by atoms with E-state index < -0.39 is 5.41 Å². The minimum Gasteiger partial charge on any atom is -0.456 e. The van der Waals surface area contributed by atoms with Gasteiger partial charge in [0.1, 0.15) is 22.3 Å². The third-order valence-electron chi connectivity index (χ3n) is 16.6. The van der Waals surface area contributed by atoms with Crippen molar-refractivity contribution in [2.24, 2.45) is 0 Å². The number of hydrogen-bond donors (Lipinski definition) is 0. The number of hydrogen-bond acceptors (Lipinski definition) is 3. The minimum atomic E-state index is -0.535. The maximum Gasteiger partial charge on any atom is 0.135 e. The first kappa shape index (κ1) is 43.4. The summed E-state index contributed by atoms with van der Waals surface area (Å²) >= 11 is 0. The van der Waals surface area contributed by atoms with E-state index in [1.165, 1.54) is 83.5 Å². The van der Waals surface area contributed by atoms with Gasteiger partial charge in [-0.25, -0.2) is 0 Å². The zero-order chi connectivity index (χ0) is 50.6. The van der Waals surface area contributed by atoms with Crippen LogP contribution in [-0.2, 0) is 5.41 Å². The van der Waals surface area contributed by atoms with Crippen molar-refractivity contribution in [3.63, 3.8) is 0 Å². The van der Waals surface area contributed by atoms with Gasteiger partial charge < -0.3 is 13.7 Å². The first-order valence-corrected chi connectivity index (χ1v) is 26.6. The van der Waals surface area contributed by atoms with Gasteiger partial charge in [-0.05, 0) is 156 Å². The summed E-state index contributed by atoms with van der Waals surface area (Å²) in [4.78, 5) is 2.42. The van der Waals surface area contributed by atoms with Gasteiger partial charge in [-0.2, -0.15) is 0 Å². The second kappa shape index (κ2) is 17.0. The molecule has 12 aromatic carbocycles. The Bertz CT molecular complexity index is 4320. The van der Waals surface area contributed by atoms with E-state index in [-0.39, 0.29) is 5.92 Å². The number of anilines is 3. The lowest BCUT2D eigenvalue weighted by molar-refractivity contribution is 0.668. The van der Waals surface area contributed by atoms with Crippen molar-refractivity contribution >= 4 is 60.9 Å². The Morgan fingerprint density at radius 2 is 0.662 bits per heavy atom. The number of rotatable bonds is 8. The van der Waals surface area contributed by atoms with Crippen LogP contribution in [0.1, 0.15) is 44.9 Å². The van der Waals surface area contributed by atoms with Crippen molar-refractivity contribution in [1.82, 2.24) is 0 Å². The van der Waals surface area contributed by atoms with E-state index in [2.05, 4.69) is 272 Å². The Morgan fingerprint density at radius 1 is 0.260 bits per heavy atom. The number of fused-ring (bicyclic) bond motifs is 16. The summed E-state index contributed by atoms with van der Waals surface area (Å²) in [7, 11) is 0. The average Bonchev–Trinajstić information content (AvgIpc) is 4.41. The zero-order valence-corrected chi connectivity index (χ0v) is 41.9. The number of furan rings is 2. The van der Waals surface area contributed by atoms with Crippen molar-refractivity contribution in [3.05, 3.63) is 318 Å². The quantitative estimate of drug-likeness (QED) is 0.142. The molecule has 1 atom stereocenters. The molecule has 0 N–H and O–H groups in total. The van der Waals surface area contributed by atoms with Gasteiger partial charge in [0.2, 0.25) is 0 Å². The number of nitrogens with zero attached hydrogens (tertiary/aromatic N) is 1. The average molecular weight is 982 g/mol. The molecular weight excluding hydrogens is 935 g/mol. The van der Waals surface area contributed by atoms with Crippen LogP contribution < -0.4 is 4.90 Å². The van der Waals surface area contributed by atoms with Crippen LogP contribution in [0.15, 0.2) is 288 Å². The molecule has 0 amide bonds. The first-order valence-electron chi connectivity index (χ1n) is 26.6. The third kappa shape index (κ3) is 6.63. The van der Waals surface area contributed by atoms with Gasteiger partial charge in [0, 0.05) is 44.5 Å². The molecule has 2 aromatic heterocycles. The Balaban J connectivity index is 0.932. The highest BCUT2D eigenvalue weighted by Gasteiger charge is 2.52. The molecule has 0 saturated carbocycles. The van der Waals surface area contributed by atoms with Crippen LogP contribution in [0.4, 0.5) is 17.1 Å². The molecule has 3 heteroatoms. The highest BCUT2D eigenvalue weighted by Crippen LogP contribution is 2.64. The van der Waals surface area contributed by atoms with E-state index in [1.807, 2.05) is 12.1 Å². The van der Waals surface area contributed by atoms with Crippen molar-refractivity contribution in [2.45, 2.75) is 11.3 Å². The molecule has 0 aliphatic heterocycles. The summed E-state index contributed by atoms with van der Waals surface area (Å²) < 4.78 is 12.8. The topological polar surface area (TPSA) is 29.5 Å². The highest BCUT2D eigenvalue weighted by atomic mass is 16.3. The Hall–Kier alpha value is -9.96. The first-order chi connectivity index (χ1) is 38.2. The maximum atomic E-state index is 6.42. The van der Waals surface area contributed by atoms with Gasteiger partial charge in [-0.1, -0.05) is 206 Å². The highest BCUT2D eigenvalue weighted by molar-refractivity contribution is 6.07. The monoisotopic (exact) mass is 981 g/mol. The van der Waals surface area contributed by atoms with Crippen LogP contribution in [0, 0.1) is 0 Å². The lowest BCUT2D eigenvalue weighted by Gasteiger charge is -2.31. The predicted octanol–water partition coefficient (Wildman–Crippen LogP) is 19.8. The molecule has 0 radical (unpaired) electrons. The van der Waals surface area contributed by atoms with E-state index in [0.29, 0.717) is 0 Å². The van der Waals surface area contributed by atoms with Crippen LogP contribution in [0.25, 0.3) is 88.4 Å². The zero-order valence-electron chi connectivity index (χ0n) is 41.9. The fraction of sp³-hybridized carbons (Fsp3) is 0.0270. The standard InChI is InChI=1S/C74H47NO2/c1-3-15-47(16-4-1)49-27-29-51(30-28-49)73(53-34-41-71-63(44-53)59-21-9-13-25-69(59)76-71)52-33-39-67-61(43-52)62-45-55(37-40-68(62)74(67)65-23-11-7-19-57(65)58-20-8-12-24-66(58)74)75(54-35-31-50(32-36-54)48-17-5-2-6-18-48)56-38-42-72-64(46-56)60-22-10-14-26-70(60)77-72/h1-46,73H. The molecule has 2 heterocycles. The second-order valence-electron chi connectivity index (χ2n) is 20.7. The van der Waals surface area contributed by atoms with E-state index in [0.717, 1.165) is 60.9 Å². The van der Waals surface area contributed by atoms with Gasteiger partial charge in [-0.3, -0.25) is 0 Å². The van der Waals surface area contributed by atoms with Gasteiger partial charge >= 0.3 is 0 Å². The maximum absolute atomic E-state index is 6.42. The lowest BCUT2D eigenvalue weighted by Crippen LogP contribution is -2.26. The summed E-state index contributed by atoms with van der Waals surface area (Å²) in [5.74, 6) is -0.0920. The minimum absolute atomic E-state index is 0.0920.